The number of rotatable bonds is 5. The van der Waals surface area contributed by atoms with E-state index in [4.69, 9.17) is 21.1 Å². The van der Waals surface area contributed by atoms with E-state index < -0.39 is 11.2 Å². The number of fused-ring (bicyclic) bond motifs is 5. The SMILES string of the molecule is COc1nc2ccc3c(c2c(Cl)c1OCC(C)(C)O)-n1c(cnc1C)C3(O)c1cnc(C)n1C. The van der Waals surface area contributed by atoms with Gasteiger partial charge in [-0.3, -0.25) is 4.57 Å². The van der Waals surface area contributed by atoms with Gasteiger partial charge in [-0.25, -0.2) is 15.0 Å². The Morgan fingerprint density at radius 1 is 1.12 bits per heavy atom. The molecule has 34 heavy (non-hydrogen) atoms. The largest absolute Gasteiger partial charge is 0.484 e. The van der Waals surface area contributed by atoms with Crippen molar-refractivity contribution in [2.75, 3.05) is 13.7 Å². The zero-order valence-corrected chi connectivity index (χ0v) is 20.6. The third-order valence-corrected chi connectivity index (χ3v) is 6.63. The van der Waals surface area contributed by atoms with Gasteiger partial charge in [0.15, 0.2) is 5.60 Å². The Hall–Kier alpha value is -3.14. The fraction of sp³-hybridized carbons (Fsp3) is 0.375. The van der Waals surface area contributed by atoms with Crippen LogP contribution >= 0.6 is 11.6 Å². The molecule has 1 aliphatic heterocycles. The standard InChI is InChI=1S/C24H26ClN5O4/c1-12-26-9-16(29(12)5)24(32)14-7-8-15-18(20(14)30-13(2)27-10-17(24)30)19(25)21(22(28-15)33-6)34-11-23(3,4)31/h7-10,31-32H,11H2,1-6H3. The Kier molecular flexibility index (Phi) is 4.95. The number of imidazole rings is 2. The fourth-order valence-corrected chi connectivity index (χ4v) is 4.84. The number of nitrogens with zero attached hydrogens (tertiary/aromatic N) is 5. The molecule has 9 nitrogen and oxygen atoms in total. The van der Waals surface area contributed by atoms with Crippen LogP contribution < -0.4 is 9.47 Å². The minimum atomic E-state index is -1.50. The molecule has 10 heteroatoms. The number of ether oxygens (including phenoxy) is 2. The van der Waals surface area contributed by atoms with E-state index in [1.165, 1.54) is 7.11 Å². The van der Waals surface area contributed by atoms with E-state index in [9.17, 15) is 10.2 Å². The molecule has 0 radical (unpaired) electrons. The maximum Gasteiger partial charge on any atom is 0.258 e. The number of methoxy groups -OCH3 is 1. The van der Waals surface area contributed by atoms with Crippen molar-refractivity contribution in [1.29, 1.82) is 0 Å². The molecule has 0 spiro atoms. The van der Waals surface area contributed by atoms with Crippen LogP contribution in [0.5, 0.6) is 11.6 Å². The summed E-state index contributed by atoms with van der Waals surface area (Å²) in [5, 5.41) is 23.3. The van der Waals surface area contributed by atoms with Gasteiger partial charge in [0.25, 0.3) is 5.88 Å². The number of hydrogen-bond acceptors (Lipinski definition) is 7. The molecule has 4 aromatic rings. The molecule has 1 unspecified atom stereocenters. The second-order valence-electron chi connectivity index (χ2n) is 9.21. The minimum Gasteiger partial charge on any atom is -0.484 e. The smallest absolute Gasteiger partial charge is 0.258 e. The van der Waals surface area contributed by atoms with E-state index in [1.54, 1.807) is 32.3 Å². The Morgan fingerprint density at radius 3 is 2.41 bits per heavy atom. The van der Waals surface area contributed by atoms with E-state index in [1.807, 2.05) is 36.1 Å². The molecule has 0 amide bonds. The average Bonchev–Trinajstić information content (AvgIpc) is 3.40. The van der Waals surface area contributed by atoms with Crippen LogP contribution in [-0.2, 0) is 12.6 Å². The topological polar surface area (TPSA) is 107 Å². The number of hydrogen-bond donors (Lipinski definition) is 2. The first-order valence-electron chi connectivity index (χ1n) is 10.8. The Bertz CT molecular complexity index is 1450. The summed E-state index contributed by atoms with van der Waals surface area (Å²) in [6, 6.07) is 3.64. The summed E-state index contributed by atoms with van der Waals surface area (Å²) in [5.74, 6) is 1.88. The third-order valence-electron chi connectivity index (χ3n) is 6.27. The van der Waals surface area contributed by atoms with Gasteiger partial charge in [0.1, 0.15) is 18.3 Å². The van der Waals surface area contributed by atoms with Crippen molar-refractivity contribution in [1.82, 2.24) is 24.1 Å². The molecule has 1 aromatic carbocycles. The number of aromatic nitrogens is 5. The first-order valence-corrected chi connectivity index (χ1v) is 11.2. The van der Waals surface area contributed by atoms with Crippen LogP contribution in [0.15, 0.2) is 24.5 Å². The lowest BCUT2D eigenvalue weighted by Crippen LogP contribution is -2.29. The first kappa shape index (κ1) is 22.6. The van der Waals surface area contributed by atoms with Crippen molar-refractivity contribution < 1.29 is 19.7 Å². The number of benzene rings is 1. The monoisotopic (exact) mass is 483 g/mol. The van der Waals surface area contributed by atoms with Gasteiger partial charge in [-0.2, -0.15) is 0 Å². The molecule has 5 rings (SSSR count). The summed E-state index contributed by atoms with van der Waals surface area (Å²) >= 11 is 6.94. The average molecular weight is 484 g/mol. The van der Waals surface area contributed by atoms with Crippen molar-refractivity contribution in [2.45, 2.75) is 38.9 Å². The van der Waals surface area contributed by atoms with Gasteiger partial charge in [-0.05, 0) is 33.8 Å². The van der Waals surface area contributed by atoms with Crippen LogP contribution in [-0.4, -0.2) is 53.6 Å². The van der Waals surface area contributed by atoms with E-state index in [0.717, 1.165) is 5.82 Å². The van der Waals surface area contributed by atoms with Crippen molar-refractivity contribution in [3.8, 4) is 17.3 Å². The predicted molar refractivity (Wildman–Crippen MR) is 127 cm³/mol. The third kappa shape index (κ3) is 3.04. The summed E-state index contributed by atoms with van der Waals surface area (Å²) in [5.41, 5.74) is 0.469. The van der Waals surface area contributed by atoms with Crippen molar-refractivity contribution in [3.63, 3.8) is 0 Å². The lowest BCUT2D eigenvalue weighted by molar-refractivity contribution is 0.0275. The van der Waals surface area contributed by atoms with Crippen LogP contribution in [0.2, 0.25) is 5.02 Å². The summed E-state index contributed by atoms with van der Waals surface area (Å²) < 4.78 is 15.1. The van der Waals surface area contributed by atoms with Gasteiger partial charge >= 0.3 is 0 Å². The van der Waals surface area contributed by atoms with Gasteiger partial charge in [0.2, 0.25) is 5.75 Å². The molecule has 0 aliphatic carbocycles. The molecule has 1 aliphatic rings. The highest BCUT2D eigenvalue weighted by molar-refractivity contribution is 6.38. The van der Waals surface area contributed by atoms with Crippen LogP contribution in [0.3, 0.4) is 0 Å². The molecule has 0 saturated carbocycles. The maximum atomic E-state index is 12.2. The Morgan fingerprint density at radius 2 is 1.79 bits per heavy atom. The summed E-state index contributed by atoms with van der Waals surface area (Å²) in [6.07, 6.45) is 3.34. The normalized spacial score (nSPS) is 17.2. The van der Waals surface area contributed by atoms with Crippen LogP contribution in [0.25, 0.3) is 16.6 Å². The maximum absolute atomic E-state index is 12.2. The van der Waals surface area contributed by atoms with E-state index in [-0.39, 0.29) is 23.3 Å². The van der Waals surface area contributed by atoms with E-state index >= 15 is 0 Å². The van der Waals surface area contributed by atoms with E-state index in [0.29, 0.717) is 39.4 Å². The highest BCUT2D eigenvalue weighted by atomic mass is 35.5. The number of aryl methyl sites for hydroxylation is 2. The van der Waals surface area contributed by atoms with Crippen molar-refractivity contribution in [3.05, 3.63) is 58.1 Å². The van der Waals surface area contributed by atoms with Crippen LogP contribution in [0, 0.1) is 13.8 Å². The number of halogens is 1. The van der Waals surface area contributed by atoms with Gasteiger partial charge in [-0.15, -0.1) is 0 Å². The highest BCUT2D eigenvalue weighted by Gasteiger charge is 2.48. The summed E-state index contributed by atoms with van der Waals surface area (Å²) in [6.45, 7) is 7.00. The van der Waals surface area contributed by atoms with Gasteiger partial charge in [0, 0.05) is 18.0 Å². The second-order valence-corrected chi connectivity index (χ2v) is 9.59. The molecule has 178 valence electrons. The molecule has 0 fully saturated rings. The van der Waals surface area contributed by atoms with Crippen molar-refractivity contribution in [2.24, 2.45) is 7.05 Å². The molecule has 1 atom stereocenters. The zero-order valence-electron chi connectivity index (χ0n) is 19.8. The molecule has 4 heterocycles. The van der Waals surface area contributed by atoms with Crippen LogP contribution in [0.1, 0.15) is 42.4 Å². The lowest BCUT2D eigenvalue weighted by atomic mass is 9.88. The van der Waals surface area contributed by atoms with Crippen molar-refractivity contribution >= 4 is 22.5 Å². The fourth-order valence-electron chi connectivity index (χ4n) is 4.52. The summed E-state index contributed by atoms with van der Waals surface area (Å²) in [4.78, 5) is 13.5. The number of aliphatic hydroxyl groups is 2. The molecule has 0 saturated heterocycles. The first-order chi connectivity index (χ1) is 16.0. The molecule has 3 aromatic heterocycles. The van der Waals surface area contributed by atoms with Gasteiger partial charge in [-0.1, -0.05) is 17.7 Å². The Balaban J connectivity index is 1.85. The molecule has 0 bridgehead atoms. The lowest BCUT2D eigenvalue weighted by Gasteiger charge is -2.24. The van der Waals surface area contributed by atoms with E-state index in [2.05, 4.69) is 15.0 Å². The molecular weight excluding hydrogens is 458 g/mol. The molecule has 2 N–H and O–H groups in total. The predicted octanol–water partition coefficient (Wildman–Crippen LogP) is 3.18. The quantitative estimate of drug-likeness (QED) is 0.449. The second kappa shape index (κ2) is 7.43. The minimum absolute atomic E-state index is 0.0150. The number of pyridine rings is 1. The van der Waals surface area contributed by atoms with Gasteiger partial charge in [0.05, 0.1) is 52.7 Å². The van der Waals surface area contributed by atoms with Crippen LogP contribution in [0.4, 0.5) is 0 Å². The highest BCUT2D eigenvalue weighted by Crippen LogP contribution is 2.51. The zero-order chi connectivity index (χ0) is 24.6. The van der Waals surface area contributed by atoms with Gasteiger partial charge < -0.3 is 24.3 Å². The Labute approximate surface area is 201 Å². The summed E-state index contributed by atoms with van der Waals surface area (Å²) in [7, 11) is 3.35. The molecular formula is C24H26ClN5O4.